The molecule has 1 amide bonds. The highest BCUT2D eigenvalue weighted by molar-refractivity contribution is 6.31. The van der Waals surface area contributed by atoms with E-state index in [1.165, 1.54) is 18.3 Å². The van der Waals surface area contributed by atoms with Crippen LogP contribution in [0.3, 0.4) is 0 Å². The van der Waals surface area contributed by atoms with Crippen molar-refractivity contribution in [2.45, 2.75) is 37.8 Å². The van der Waals surface area contributed by atoms with Crippen LogP contribution in [0.2, 0.25) is 5.02 Å². The SMILES string of the molecule is O=C(NCc1c(Cl)cc(F)cc1CO)[C@]1(F)CC[C@H](O)c2ncccc21. The molecule has 3 rings (SSSR count). The summed E-state index contributed by atoms with van der Waals surface area (Å²) in [4.78, 5) is 16.5. The number of nitrogens with zero attached hydrogens (tertiary/aromatic N) is 1. The molecule has 0 fully saturated rings. The van der Waals surface area contributed by atoms with Crippen molar-refractivity contribution in [1.29, 1.82) is 0 Å². The van der Waals surface area contributed by atoms with Crippen LogP contribution in [0.25, 0.3) is 0 Å². The van der Waals surface area contributed by atoms with Crippen LogP contribution >= 0.6 is 11.6 Å². The predicted octanol–water partition coefficient (Wildman–Crippen LogP) is 2.67. The predicted molar refractivity (Wildman–Crippen MR) is 90.4 cm³/mol. The number of benzene rings is 1. The van der Waals surface area contributed by atoms with Gasteiger partial charge in [-0.25, -0.2) is 8.78 Å². The largest absolute Gasteiger partial charge is 0.392 e. The second kappa shape index (κ2) is 7.26. The van der Waals surface area contributed by atoms with E-state index in [1.54, 1.807) is 0 Å². The van der Waals surface area contributed by atoms with E-state index in [1.807, 2.05) is 0 Å². The van der Waals surface area contributed by atoms with E-state index < -0.39 is 30.1 Å². The Morgan fingerprint density at radius 2 is 2.23 bits per heavy atom. The molecule has 1 heterocycles. The number of nitrogens with one attached hydrogen (secondary N) is 1. The number of aliphatic hydroxyl groups excluding tert-OH is 2. The average Bonchev–Trinajstić information content (AvgIpc) is 2.63. The van der Waals surface area contributed by atoms with E-state index in [9.17, 15) is 19.4 Å². The minimum atomic E-state index is -2.34. The summed E-state index contributed by atoms with van der Waals surface area (Å²) in [5, 5.41) is 21.8. The Labute approximate surface area is 153 Å². The van der Waals surface area contributed by atoms with Crippen molar-refractivity contribution < 1.29 is 23.8 Å². The van der Waals surface area contributed by atoms with Gasteiger partial charge in [-0.15, -0.1) is 0 Å². The van der Waals surface area contributed by atoms with Gasteiger partial charge < -0.3 is 15.5 Å². The van der Waals surface area contributed by atoms with Crippen LogP contribution in [-0.4, -0.2) is 21.1 Å². The molecule has 5 nitrogen and oxygen atoms in total. The van der Waals surface area contributed by atoms with Gasteiger partial charge in [-0.2, -0.15) is 0 Å². The number of rotatable bonds is 4. The topological polar surface area (TPSA) is 82.5 Å². The first-order chi connectivity index (χ1) is 12.4. The molecule has 26 heavy (non-hydrogen) atoms. The summed E-state index contributed by atoms with van der Waals surface area (Å²) in [6.45, 7) is -0.639. The highest BCUT2D eigenvalue weighted by Gasteiger charge is 2.46. The molecule has 0 saturated heterocycles. The average molecular weight is 383 g/mol. The minimum Gasteiger partial charge on any atom is -0.392 e. The van der Waals surface area contributed by atoms with Gasteiger partial charge in [0.25, 0.3) is 5.91 Å². The van der Waals surface area contributed by atoms with E-state index >= 15 is 4.39 Å². The number of carbonyl (C=O) groups excluding carboxylic acids is 1. The Morgan fingerprint density at radius 1 is 1.46 bits per heavy atom. The van der Waals surface area contributed by atoms with Gasteiger partial charge in [0.15, 0.2) is 0 Å². The first-order valence-electron chi connectivity index (χ1n) is 8.05. The molecule has 0 spiro atoms. The number of alkyl halides is 1. The second-order valence-corrected chi connectivity index (χ2v) is 6.57. The Morgan fingerprint density at radius 3 is 2.96 bits per heavy atom. The van der Waals surface area contributed by atoms with Gasteiger partial charge in [-0.05, 0) is 42.2 Å². The lowest BCUT2D eigenvalue weighted by Gasteiger charge is -2.32. The third-order valence-electron chi connectivity index (χ3n) is 4.55. The van der Waals surface area contributed by atoms with E-state index in [4.69, 9.17) is 11.6 Å². The van der Waals surface area contributed by atoms with Crippen molar-refractivity contribution in [2.75, 3.05) is 0 Å². The molecule has 0 aliphatic heterocycles. The number of hydrogen-bond donors (Lipinski definition) is 3. The number of pyridine rings is 1. The minimum absolute atomic E-state index is 0.0309. The molecule has 0 bridgehead atoms. The Hall–Kier alpha value is -2.09. The second-order valence-electron chi connectivity index (χ2n) is 6.16. The fraction of sp³-hybridized carbons (Fsp3) is 0.333. The van der Waals surface area contributed by atoms with E-state index in [0.29, 0.717) is 5.56 Å². The molecule has 1 aromatic heterocycles. The number of carbonyl (C=O) groups is 1. The van der Waals surface area contributed by atoms with Crippen molar-refractivity contribution >= 4 is 17.5 Å². The molecule has 1 aliphatic rings. The summed E-state index contributed by atoms with van der Waals surface area (Å²) in [5.41, 5.74) is -1.63. The molecule has 0 radical (unpaired) electrons. The summed E-state index contributed by atoms with van der Waals surface area (Å²) >= 11 is 5.98. The summed E-state index contributed by atoms with van der Waals surface area (Å²) < 4.78 is 28.9. The molecular formula is C18H17ClF2N2O3. The van der Waals surface area contributed by atoms with Crippen LogP contribution in [0.15, 0.2) is 30.5 Å². The van der Waals surface area contributed by atoms with Gasteiger partial charge >= 0.3 is 0 Å². The lowest BCUT2D eigenvalue weighted by Crippen LogP contribution is -2.44. The van der Waals surface area contributed by atoms with Gasteiger partial charge in [0.2, 0.25) is 5.67 Å². The maximum atomic E-state index is 15.5. The number of fused-ring (bicyclic) bond motifs is 1. The van der Waals surface area contributed by atoms with Crippen LogP contribution in [0.4, 0.5) is 8.78 Å². The molecule has 2 aromatic rings. The number of halogens is 3. The first-order valence-corrected chi connectivity index (χ1v) is 8.43. The van der Waals surface area contributed by atoms with Gasteiger partial charge in [0.05, 0.1) is 18.4 Å². The fourth-order valence-corrected chi connectivity index (χ4v) is 3.46. The molecule has 138 valence electrons. The molecule has 2 atom stereocenters. The van der Waals surface area contributed by atoms with Gasteiger partial charge in [-0.3, -0.25) is 9.78 Å². The van der Waals surface area contributed by atoms with Crippen LogP contribution in [-0.2, 0) is 23.6 Å². The monoisotopic (exact) mass is 382 g/mol. The van der Waals surface area contributed by atoms with E-state index in [2.05, 4.69) is 10.3 Å². The molecule has 1 aliphatic carbocycles. The number of hydrogen-bond acceptors (Lipinski definition) is 4. The summed E-state index contributed by atoms with van der Waals surface area (Å²) in [6.07, 6.45) is 0.378. The molecule has 0 saturated carbocycles. The normalized spacial score (nSPS) is 22.0. The molecule has 8 heteroatoms. The summed E-state index contributed by atoms with van der Waals surface area (Å²) in [5.74, 6) is -1.51. The third-order valence-corrected chi connectivity index (χ3v) is 4.89. The van der Waals surface area contributed by atoms with Crippen LogP contribution < -0.4 is 5.32 Å². The van der Waals surface area contributed by atoms with E-state index in [0.717, 1.165) is 12.1 Å². The molecule has 0 unspecified atom stereocenters. The zero-order valence-electron chi connectivity index (χ0n) is 13.7. The Bertz CT molecular complexity index is 849. The van der Waals surface area contributed by atoms with Crippen molar-refractivity contribution in [3.05, 3.63) is 63.7 Å². The molecular weight excluding hydrogens is 366 g/mol. The highest BCUT2D eigenvalue weighted by atomic mass is 35.5. The zero-order valence-corrected chi connectivity index (χ0v) is 14.4. The van der Waals surface area contributed by atoms with Crippen LogP contribution in [0.1, 0.15) is 41.3 Å². The van der Waals surface area contributed by atoms with Crippen molar-refractivity contribution in [3.8, 4) is 0 Å². The number of aliphatic hydroxyl groups is 2. The fourth-order valence-electron chi connectivity index (χ4n) is 3.17. The lowest BCUT2D eigenvalue weighted by molar-refractivity contribution is -0.135. The summed E-state index contributed by atoms with van der Waals surface area (Å²) in [6, 6.07) is 5.09. The maximum absolute atomic E-state index is 15.5. The van der Waals surface area contributed by atoms with Crippen molar-refractivity contribution in [1.82, 2.24) is 10.3 Å². The van der Waals surface area contributed by atoms with E-state index in [-0.39, 0.29) is 41.2 Å². The highest BCUT2D eigenvalue weighted by Crippen LogP contribution is 2.42. The zero-order chi connectivity index (χ0) is 18.9. The smallest absolute Gasteiger partial charge is 0.262 e. The standard InChI is InChI=1S/C18H17ClF2N2O3/c19-14-7-11(20)6-10(9-24)12(14)8-23-17(26)18(21)4-3-15(25)16-13(18)2-1-5-22-16/h1-2,5-7,15,24-25H,3-4,8-9H2,(H,23,26)/t15-,18-/m0/s1. The number of amides is 1. The molecule has 1 aromatic carbocycles. The van der Waals surface area contributed by atoms with Gasteiger partial charge in [0, 0.05) is 23.3 Å². The van der Waals surface area contributed by atoms with Crippen molar-refractivity contribution in [2.24, 2.45) is 0 Å². The van der Waals surface area contributed by atoms with Crippen molar-refractivity contribution in [3.63, 3.8) is 0 Å². The van der Waals surface area contributed by atoms with Gasteiger partial charge in [0.1, 0.15) is 5.82 Å². The van der Waals surface area contributed by atoms with Gasteiger partial charge in [-0.1, -0.05) is 17.7 Å². The summed E-state index contributed by atoms with van der Waals surface area (Å²) in [7, 11) is 0. The van der Waals surface area contributed by atoms with Crippen LogP contribution in [0.5, 0.6) is 0 Å². The maximum Gasteiger partial charge on any atom is 0.262 e. The Kier molecular flexibility index (Phi) is 5.22. The quantitative estimate of drug-likeness (QED) is 0.759. The Balaban J connectivity index is 1.85. The lowest BCUT2D eigenvalue weighted by atomic mass is 9.81. The molecule has 3 N–H and O–H groups in total. The number of aromatic nitrogens is 1. The van der Waals surface area contributed by atoms with Crippen LogP contribution in [0, 0.1) is 5.82 Å². The first kappa shape index (κ1) is 18.7. The third kappa shape index (κ3) is 3.30.